The van der Waals surface area contributed by atoms with Gasteiger partial charge in [0.1, 0.15) is 0 Å². The summed E-state index contributed by atoms with van der Waals surface area (Å²) in [5.74, 6) is -0.631. The average molecular weight is 210 g/mol. The summed E-state index contributed by atoms with van der Waals surface area (Å²) in [5.41, 5.74) is -0.316. The van der Waals surface area contributed by atoms with Crippen molar-refractivity contribution in [2.24, 2.45) is 0 Å². The number of carbonyl (C=O) groups is 1. The number of hydrogen-bond donors (Lipinski definition) is 1. The maximum absolute atomic E-state index is 13.2. The number of aliphatic hydroxyl groups is 1. The van der Waals surface area contributed by atoms with Gasteiger partial charge in [0.2, 0.25) is 0 Å². The minimum atomic E-state index is -0.757. The Kier molecular flexibility index (Phi) is 2.19. The first-order valence-corrected chi connectivity index (χ1v) is 4.59. The summed E-state index contributed by atoms with van der Waals surface area (Å²) >= 11 is 0. The standard InChI is InChI=1S/C10H11FN2O2/c1-10(15)5-13(6-10)9-3-12-2-8(11)7(9)4-14/h2-4,15H,5-6H2,1H3. The van der Waals surface area contributed by atoms with Gasteiger partial charge in [-0.15, -0.1) is 0 Å². The van der Waals surface area contributed by atoms with E-state index in [-0.39, 0.29) is 5.56 Å². The number of aromatic nitrogens is 1. The summed E-state index contributed by atoms with van der Waals surface area (Å²) in [6, 6.07) is 0. The molecule has 5 heteroatoms. The summed E-state index contributed by atoms with van der Waals surface area (Å²) in [5, 5.41) is 9.53. The van der Waals surface area contributed by atoms with Gasteiger partial charge in [-0.25, -0.2) is 4.39 Å². The summed E-state index contributed by atoms with van der Waals surface area (Å²) in [7, 11) is 0. The number of pyridine rings is 1. The van der Waals surface area contributed by atoms with Crippen LogP contribution in [0.3, 0.4) is 0 Å². The molecule has 2 heterocycles. The molecule has 1 N–H and O–H groups in total. The van der Waals surface area contributed by atoms with E-state index in [4.69, 9.17) is 0 Å². The van der Waals surface area contributed by atoms with Crippen molar-refractivity contribution in [1.29, 1.82) is 0 Å². The van der Waals surface area contributed by atoms with E-state index >= 15 is 0 Å². The largest absolute Gasteiger partial charge is 0.386 e. The number of β-amino-alcohol motifs (C(OH)–C–C–N with tert-alkyl or cyclic N) is 1. The van der Waals surface area contributed by atoms with Gasteiger partial charge in [-0.3, -0.25) is 9.78 Å². The molecule has 80 valence electrons. The molecule has 2 rings (SSSR count). The normalized spacial score (nSPS) is 18.5. The van der Waals surface area contributed by atoms with Crippen molar-refractivity contribution in [3.05, 3.63) is 23.8 Å². The van der Waals surface area contributed by atoms with Crippen molar-refractivity contribution in [1.82, 2.24) is 4.98 Å². The van der Waals surface area contributed by atoms with Crippen LogP contribution in [0.1, 0.15) is 17.3 Å². The number of hydrogen-bond acceptors (Lipinski definition) is 4. The lowest BCUT2D eigenvalue weighted by molar-refractivity contribution is 0.0308. The smallest absolute Gasteiger partial charge is 0.155 e. The van der Waals surface area contributed by atoms with Gasteiger partial charge in [0, 0.05) is 13.1 Å². The van der Waals surface area contributed by atoms with Gasteiger partial charge < -0.3 is 10.0 Å². The maximum atomic E-state index is 13.2. The van der Waals surface area contributed by atoms with E-state index in [1.807, 2.05) is 0 Å². The third-order valence-electron chi connectivity index (χ3n) is 2.44. The van der Waals surface area contributed by atoms with E-state index < -0.39 is 11.4 Å². The molecule has 1 aromatic heterocycles. The fourth-order valence-corrected chi connectivity index (χ4v) is 1.75. The molecule has 0 aliphatic carbocycles. The van der Waals surface area contributed by atoms with Crippen LogP contribution in [0, 0.1) is 5.82 Å². The van der Waals surface area contributed by atoms with Crippen molar-refractivity contribution in [2.45, 2.75) is 12.5 Å². The van der Waals surface area contributed by atoms with Gasteiger partial charge in [0.15, 0.2) is 12.1 Å². The van der Waals surface area contributed by atoms with Crippen LogP contribution in [-0.4, -0.2) is 35.1 Å². The zero-order valence-corrected chi connectivity index (χ0v) is 8.27. The zero-order chi connectivity index (χ0) is 11.1. The first-order valence-electron chi connectivity index (χ1n) is 4.59. The molecule has 0 atom stereocenters. The van der Waals surface area contributed by atoms with Gasteiger partial charge in [0.25, 0.3) is 0 Å². The lowest BCUT2D eigenvalue weighted by Crippen LogP contribution is -2.60. The molecule has 0 saturated carbocycles. The van der Waals surface area contributed by atoms with E-state index in [0.717, 1.165) is 6.20 Å². The second-order valence-corrected chi connectivity index (χ2v) is 4.02. The Morgan fingerprint density at radius 1 is 1.60 bits per heavy atom. The fourth-order valence-electron chi connectivity index (χ4n) is 1.75. The van der Waals surface area contributed by atoms with Crippen molar-refractivity contribution in [3.63, 3.8) is 0 Å². The maximum Gasteiger partial charge on any atom is 0.155 e. The third kappa shape index (κ3) is 1.70. The lowest BCUT2D eigenvalue weighted by atomic mass is 9.95. The number of aldehydes is 1. The Morgan fingerprint density at radius 2 is 2.27 bits per heavy atom. The zero-order valence-electron chi connectivity index (χ0n) is 8.27. The highest BCUT2D eigenvalue weighted by Crippen LogP contribution is 2.29. The van der Waals surface area contributed by atoms with Crippen LogP contribution >= 0.6 is 0 Å². The van der Waals surface area contributed by atoms with Crippen molar-refractivity contribution >= 4 is 12.0 Å². The van der Waals surface area contributed by atoms with Gasteiger partial charge in [-0.05, 0) is 6.92 Å². The van der Waals surface area contributed by atoms with E-state index in [2.05, 4.69) is 4.98 Å². The summed E-state index contributed by atoms with van der Waals surface area (Å²) in [6.07, 6.45) is 2.91. The fraction of sp³-hybridized carbons (Fsp3) is 0.400. The Labute approximate surface area is 86.4 Å². The lowest BCUT2D eigenvalue weighted by Gasteiger charge is -2.45. The summed E-state index contributed by atoms with van der Waals surface area (Å²) in [4.78, 5) is 16.1. The monoisotopic (exact) mass is 210 g/mol. The van der Waals surface area contributed by atoms with Crippen LogP contribution in [0.25, 0.3) is 0 Å². The minimum absolute atomic E-state index is 0.000463. The van der Waals surface area contributed by atoms with E-state index in [1.165, 1.54) is 6.20 Å². The number of nitrogens with zero attached hydrogens (tertiary/aromatic N) is 2. The van der Waals surface area contributed by atoms with Crippen LogP contribution in [-0.2, 0) is 0 Å². The molecular formula is C10H11FN2O2. The van der Waals surface area contributed by atoms with Crippen LogP contribution in [0.4, 0.5) is 10.1 Å². The van der Waals surface area contributed by atoms with E-state index in [1.54, 1.807) is 11.8 Å². The highest BCUT2D eigenvalue weighted by Gasteiger charge is 2.37. The first kappa shape index (κ1) is 10.0. The predicted molar refractivity (Wildman–Crippen MR) is 52.4 cm³/mol. The molecule has 1 aliphatic heterocycles. The molecule has 0 bridgehead atoms. The SMILES string of the molecule is CC1(O)CN(c2cncc(F)c2C=O)C1. The molecule has 0 aromatic carbocycles. The topological polar surface area (TPSA) is 53.4 Å². The molecular weight excluding hydrogens is 199 g/mol. The van der Waals surface area contributed by atoms with E-state index in [9.17, 15) is 14.3 Å². The molecule has 15 heavy (non-hydrogen) atoms. The number of anilines is 1. The second-order valence-electron chi connectivity index (χ2n) is 4.02. The number of halogens is 1. The van der Waals surface area contributed by atoms with Crippen molar-refractivity contribution < 1.29 is 14.3 Å². The number of rotatable bonds is 2. The van der Waals surface area contributed by atoms with Gasteiger partial charge in [-0.1, -0.05) is 0 Å². The predicted octanol–water partition coefficient (Wildman–Crippen LogP) is 0.604. The first-order chi connectivity index (χ1) is 7.03. The second kappa shape index (κ2) is 3.27. The molecule has 1 saturated heterocycles. The molecule has 1 fully saturated rings. The Balaban J connectivity index is 2.30. The Morgan fingerprint density at radius 3 is 2.80 bits per heavy atom. The van der Waals surface area contributed by atoms with Crippen LogP contribution in [0.2, 0.25) is 0 Å². The van der Waals surface area contributed by atoms with Crippen LogP contribution in [0.15, 0.2) is 12.4 Å². The van der Waals surface area contributed by atoms with Gasteiger partial charge in [0.05, 0.1) is 29.2 Å². The van der Waals surface area contributed by atoms with Crippen LogP contribution < -0.4 is 4.90 Å². The summed E-state index contributed by atoms with van der Waals surface area (Å²) < 4.78 is 13.2. The Bertz CT molecular complexity index is 398. The Hall–Kier alpha value is -1.49. The molecule has 0 unspecified atom stereocenters. The number of carbonyl (C=O) groups excluding carboxylic acids is 1. The van der Waals surface area contributed by atoms with Crippen LogP contribution in [0.5, 0.6) is 0 Å². The molecule has 0 amide bonds. The highest BCUT2D eigenvalue weighted by molar-refractivity contribution is 5.84. The quantitative estimate of drug-likeness (QED) is 0.726. The highest BCUT2D eigenvalue weighted by atomic mass is 19.1. The third-order valence-corrected chi connectivity index (χ3v) is 2.44. The summed E-state index contributed by atoms with van der Waals surface area (Å²) in [6.45, 7) is 2.47. The van der Waals surface area contributed by atoms with Crippen molar-refractivity contribution in [2.75, 3.05) is 18.0 Å². The van der Waals surface area contributed by atoms with Gasteiger partial charge >= 0.3 is 0 Å². The molecule has 4 nitrogen and oxygen atoms in total. The molecule has 0 radical (unpaired) electrons. The average Bonchev–Trinajstić information content (AvgIpc) is 2.13. The van der Waals surface area contributed by atoms with Gasteiger partial charge in [-0.2, -0.15) is 0 Å². The molecule has 0 spiro atoms. The minimum Gasteiger partial charge on any atom is -0.386 e. The molecule has 1 aliphatic rings. The van der Waals surface area contributed by atoms with E-state index in [0.29, 0.717) is 25.1 Å². The molecule has 1 aromatic rings. The van der Waals surface area contributed by atoms with Crippen molar-refractivity contribution in [3.8, 4) is 0 Å².